The summed E-state index contributed by atoms with van der Waals surface area (Å²) >= 11 is 0. The average molecular weight is 455 g/mol. The van der Waals surface area contributed by atoms with Crippen LogP contribution in [0.3, 0.4) is 0 Å². The topological polar surface area (TPSA) is 76.7 Å². The monoisotopic (exact) mass is 454 g/mol. The Morgan fingerprint density at radius 1 is 0.969 bits per heavy atom. The maximum absolute atomic E-state index is 12.3. The molecule has 1 amide bonds. The molecule has 0 saturated heterocycles. The van der Waals surface area contributed by atoms with Crippen LogP contribution in [0.2, 0.25) is 0 Å². The summed E-state index contributed by atoms with van der Waals surface area (Å²) in [6, 6.07) is 0.0610. The van der Waals surface area contributed by atoms with Gasteiger partial charge in [0, 0.05) is 24.5 Å². The predicted octanol–water partition coefficient (Wildman–Crippen LogP) is 5.84. The number of hydrogen-bond acceptors (Lipinski definition) is 5. The van der Waals surface area contributed by atoms with Crippen LogP contribution in [0, 0.1) is 16.2 Å². The second-order valence-electron chi connectivity index (χ2n) is 13.1. The highest BCUT2D eigenvalue weighted by Gasteiger charge is 2.42. The van der Waals surface area contributed by atoms with E-state index in [4.69, 9.17) is 9.47 Å². The molecule has 188 valence electrons. The van der Waals surface area contributed by atoms with Crippen LogP contribution in [0.4, 0.5) is 4.79 Å². The van der Waals surface area contributed by atoms with Crippen LogP contribution >= 0.6 is 0 Å². The minimum Gasteiger partial charge on any atom is -0.464 e. The zero-order valence-corrected chi connectivity index (χ0v) is 22.3. The molecule has 0 bridgehead atoms. The largest absolute Gasteiger partial charge is 0.464 e. The zero-order valence-electron chi connectivity index (χ0n) is 22.3. The number of esters is 1. The molecule has 2 N–H and O–H groups in total. The number of amides is 1. The van der Waals surface area contributed by atoms with E-state index in [9.17, 15) is 9.59 Å². The van der Waals surface area contributed by atoms with Gasteiger partial charge in [0.1, 0.15) is 6.61 Å². The summed E-state index contributed by atoms with van der Waals surface area (Å²) in [5.41, 5.74) is 0.342. The third-order valence-electron chi connectivity index (χ3n) is 6.02. The van der Waals surface area contributed by atoms with E-state index in [0.717, 1.165) is 38.5 Å². The van der Waals surface area contributed by atoms with E-state index in [1.807, 2.05) is 0 Å². The number of rotatable bonds is 10. The first-order chi connectivity index (χ1) is 14.5. The Labute approximate surface area is 197 Å². The van der Waals surface area contributed by atoms with Crippen molar-refractivity contribution >= 4 is 12.1 Å². The molecule has 0 radical (unpaired) electrons. The molecule has 0 spiro atoms. The molecule has 2 unspecified atom stereocenters. The zero-order chi connectivity index (χ0) is 24.6. The Bertz CT molecular complexity index is 604. The summed E-state index contributed by atoms with van der Waals surface area (Å²) in [5.74, 6) is -0.145. The van der Waals surface area contributed by atoms with E-state index >= 15 is 0 Å². The third kappa shape index (κ3) is 13.3. The van der Waals surface area contributed by atoms with Gasteiger partial charge >= 0.3 is 12.1 Å². The lowest BCUT2D eigenvalue weighted by molar-refractivity contribution is -0.144. The number of carbonyl (C=O) groups excluding carboxylic acids is 2. The van der Waals surface area contributed by atoms with Gasteiger partial charge in [0.2, 0.25) is 0 Å². The Hall–Kier alpha value is -1.30. The molecule has 2 atom stereocenters. The lowest BCUT2D eigenvalue weighted by Crippen LogP contribution is -2.47. The van der Waals surface area contributed by atoms with Gasteiger partial charge in [-0.3, -0.25) is 4.79 Å². The maximum atomic E-state index is 12.3. The number of alkyl carbamates (subject to hydrolysis) is 1. The van der Waals surface area contributed by atoms with Gasteiger partial charge in [0.25, 0.3) is 0 Å². The second-order valence-corrected chi connectivity index (χ2v) is 13.1. The van der Waals surface area contributed by atoms with Crippen molar-refractivity contribution in [3.8, 4) is 0 Å². The molecular formula is C26H50N2O4. The van der Waals surface area contributed by atoms with E-state index in [-0.39, 0.29) is 39.9 Å². The first-order valence-corrected chi connectivity index (χ1v) is 12.3. The van der Waals surface area contributed by atoms with Gasteiger partial charge in [0.05, 0.1) is 6.61 Å². The van der Waals surface area contributed by atoms with Crippen molar-refractivity contribution in [1.82, 2.24) is 10.6 Å². The molecule has 1 rings (SSSR count). The third-order valence-corrected chi connectivity index (χ3v) is 6.02. The van der Waals surface area contributed by atoms with Crippen LogP contribution in [0.5, 0.6) is 0 Å². The number of carbonyl (C=O) groups is 2. The highest BCUT2D eigenvalue weighted by Crippen LogP contribution is 2.48. The van der Waals surface area contributed by atoms with Gasteiger partial charge in [-0.05, 0) is 75.5 Å². The van der Waals surface area contributed by atoms with Crippen molar-refractivity contribution in [1.29, 1.82) is 0 Å². The quantitative estimate of drug-likeness (QED) is 0.320. The van der Waals surface area contributed by atoms with Crippen molar-refractivity contribution in [3.05, 3.63) is 0 Å². The molecule has 6 nitrogen and oxygen atoms in total. The van der Waals surface area contributed by atoms with Gasteiger partial charge in [-0.2, -0.15) is 0 Å². The number of ether oxygens (including phenoxy) is 2. The second kappa shape index (κ2) is 11.7. The van der Waals surface area contributed by atoms with Gasteiger partial charge < -0.3 is 20.1 Å². The lowest BCUT2D eigenvalue weighted by Gasteiger charge is -2.46. The van der Waals surface area contributed by atoms with E-state index < -0.39 is 0 Å². The first kappa shape index (κ1) is 28.7. The molecule has 0 aromatic carbocycles. The van der Waals surface area contributed by atoms with E-state index in [1.165, 1.54) is 0 Å². The molecule has 32 heavy (non-hydrogen) atoms. The van der Waals surface area contributed by atoms with Crippen molar-refractivity contribution in [2.45, 2.75) is 119 Å². The number of nitrogens with one attached hydrogen (secondary N) is 2. The minimum atomic E-state index is -0.324. The van der Waals surface area contributed by atoms with Crippen molar-refractivity contribution < 1.29 is 19.1 Å². The maximum Gasteiger partial charge on any atom is 0.407 e. The van der Waals surface area contributed by atoms with Crippen LogP contribution in [-0.4, -0.2) is 43.4 Å². The highest BCUT2D eigenvalue weighted by atomic mass is 16.5. The molecule has 1 saturated carbocycles. The molecular weight excluding hydrogens is 404 g/mol. The summed E-state index contributed by atoms with van der Waals surface area (Å²) in [4.78, 5) is 24.6. The number of hydrogen-bond donors (Lipinski definition) is 2. The smallest absolute Gasteiger partial charge is 0.407 e. The van der Waals surface area contributed by atoms with Crippen molar-refractivity contribution in [2.75, 3.05) is 19.8 Å². The molecule has 0 aromatic heterocycles. The van der Waals surface area contributed by atoms with Crippen LogP contribution in [0.15, 0.2) is 0 Å². The molecule has 6 heteroatoms. The van der Waals surface area contributed by atoms with Crippen molar-refractivity contribution in [3.63, 3.8) is 0 Å². The minimum absolute atomic E-state index is 0.0172. The summed E-state index contributed by atoms with van der Waals surface area (Å²) < 4.78 is 10.8. The summed E-state index contributed by atoms with van der Waals surface area (Å²) in [7, 11) is 0. The molecule has 1 aliphatic carbocycles. The van der Waals surface area contributed by atoms with Gasteiger partial charge in [0.15, 0.2) is 0 Å². The fourth-order valence-corrected chi connectivity index (χ4v) is 4.97. The highest BCUT2D eigenvalue weighted by molar-refractivity contribution is 5.69. The molecule has 0 aromatic rings. The Kier molecular flexibility index (Phi) is 10.5. The van der Waals surface area contributed by atoms with Gasteiger partial charge in [-0.15, -0.1) is 0 Å². The van der Waals surface area contributed by atoms with Crippen LogP contribution in [0.1, 0.15) is 107 Å². The first-order valence-electron chi connectivity index (χ1n) is 12.3. The van der Waals surface area contributed by atoms with Crippen molar-refractivity contribution in [2.24, 2.45) is 16.2 Å². The molecule has 0 aliphatic heterocycles. The van der Waals surface area contributed by atoms with E-state index in [1.54, 1.807) is 0 Å². The van der Waals surface area contributed by atoms with Crippen LogP contribution < -0.4 is 10.6 Å². The van der Waals surface area contributed by atoms with E-state index in [2.05, 4.69) is 72.9 Å². The lowest BCUT2D eigenvalue weighted by atomic mass is 9.61. The van der Waals surface area contributed by atoms with Crippen LogP contribution in [-0.2, 0) is 14.3 Å². The predicted molar refractivity (Wildman–Crippen MR) is 131 cm³/mol. The summed E-state index contributed by atoms with van der Waals surface area (Å²) in [6.07, 6.45) is 5.55. The molecule has 1 fully saturated rings. The Balaban J connectivity index is 2.46. The SMILES string of the molecule is CC(C)(C)CCCOC(=O)NC1CC(C)(C)CC(C)(CCC(=O)OCCNC(C)(C)C)C1. The van der Waals surface area contributed by atoms with Crippen LogP contribution in [0.25, 0.3) is 0 Å². The fourth-order valence-electron chi connectivity index (χ4n) is 4.97. The van der Waals surface area contributed by atoms with Gasteiger partial charge in [-0.1, -0.05) is 41.5 Å². The Morgan fingerprint density at radius 3 is 2.22 bits per heavy atom. The summed E-state index contributed by atoms with van der Waals surface area (Å²) in [6.45, 7) is 21.1. The average Bonchev–Trinajstić information content (AvgIpc) is 2.57. The van der Waals surface area contributed by atoms with Gasteiger partial charge in [-0.25, -0.2) is 4.79 Å². The molecule has 1 aliphatic rings. The fraction of sp³-hybridized carbons (Fsp3) is 0.923. The standard InChI is InChI=1S/C26H50N2O4/c1-23(2,3)12-10-15-32-22(30)28-20-17-25(7,8)19-26(9,18-20)13-11-21(29)31-16-14-27-24(4,5)6/h20,27H,10-19H2,1-9H3,(H,28,30). The normalized spacial score (nSPS) is 23.5. The molecule has 0 heterocycles. The van der Waals surface area contributed by atoms with E-state index in [0.29, 0.717) is 26.2 Å². The Morgan fingerprint density at radius 2 is 1.62 bits per heavy atom. The summed E-state index contributed by atoms with van der Waals surface area (Å²) in [5, 5.41) is 6.41.